The van der Waals surface area contributed by atoms with Gasteiger partial charge in [0.05, 0.1) is 5.54 Å². The summed E-state index contributed by atoms with van der Waals surface area (Å²) in [4.78, 5) is 0. The van der Waals surface area contributed by atoms with Crippen LogP contribution >= 0.6 is 0 Å². The monoisotopic (exact) mass is 245 g/mol. The summed E-state index contributed by atoms with van der Waals surface area (Å²) in [5.41, 5.74) is 8.55. The van der Waals surface area contributed by atoms with Gasteiger partial charge in [-0.15, -0.1) is 5.10 Å². The molecule has 0 unspecified atom stereocenters. The normalized spacial score (nSPS) is 11.8. The molecule has 0 amide bonds. The van der Waals surface area contributed by atoms with Crippen molar-refractivity contribution in [2.24, 2.45) is 0 Å². The number of anilines is 1. The number of benzene rings is 1. The highest BCUT2D eigenvalue weighted by Gasteiger charge is 2.24. The van der Waals surface area contributed by atoms with E-state index in [0.29, 0.717) is 0 Å². The van der Waals surface area contributed by atoms with Crippen LogP contribution in [-0.2, 0) is 5.54 Å². The smallest absolute Gasteiger partial charge is 0.182 e. The lowest BCUT2D eigenvalue weighted by atomic mass is 10.0. The molecule has 18 heavy (non-hydrogen) atoms. The molecule has 96 valence electrons. The van der Waals surface area contributed by atoms with Crippen LogP contribution in [0.5, 0.6) is 0 Å². The molecule has 2 aromatic rings. The van der Waals surface area contributed by atoms with Gasteiger partial charge in [-0.1, -0.05) is 6.92 Å². The zero-order valence-electron chi connectivity index (χ0n) is 11.3. The number of rotatable bonds is 3. The van der Waals surface area contributed by atoms with Crippen LogP contribution in [0, 0.1) is 6.92 Å². The Morgan fingerprint density at radius 1 is 1.33 bits per heavy atom. The maximum Gasteiger partial charge on any atom is 0.182 e. The summed E-state index contributed by atoms with van der Waals surface area (Å²) < 4.78 is 1.87. The molecular weight excluding hydrogens is 226 g/mol. The van der Waals surface area contributed by atoms with Crippen molar-refractivity contribution in [2.75, 3.05) is 5.73 Å². The van der Waals surface area contributed by atoms with Gasteiger partial charge >= 0.3 is 0 Å². The van der Waals surface area contributed by atoms with E-state index >= 15 is 0 Å². The Bertz CT molecular complexity index is 556. The fourth-order valence-corrected chi connectivity index (χ4v) is 1.74. The standard InChI is InChI=1S/C13H19N5/c1-5-13(3,4)18-12(15-16-17-18)10-6-7-11(14)9(2)8-10/h6-8H,5,14H2,1-4H3. The highest BCUT2D eigenvalue weighted by molar-refractivity contribution is 5.62. The lowest BCUT2D eigenvalue weighted by molar-refractivity contribution is 0.305. The van der Waals surface area contributed by atoms with Gasteiger partial charge in [0, 0.05) is 11.3 Å². The minimum atomic E-state index is -0.103. The number of nitrogen functional groups attached to an aromatic ring is 1. The fourth-order valence-electron chi connectivity index (χ4n) is 1.74. The largest absolute Gasteiger partial charge is 0.399 e. The molecular formula is C13H19N5. The summed E-state index contributed by atoms with van der Waals surface area (Å²) >= 11 is 0. The Morgan fingerprint density at radius 2 is 2.06 bits per heavy atom. The maximum atomic E-state index is 5.83. The van der Waals surface area contributed by atoms with Gasteiger partial charge in [-0.05, 0) is 61.4 Å². The van der Waals surface area contributed by atoms with Gasteiger partial charge < -0.3 is 5.73 Å². The molecule has 0 atom stereocenters. The zero-order valence-corrected chi connectivity index (χ0v) is 11.3. The molecule has 2 rings (SSSR count). The molecule has 2 N–H and O–H groups in total. The first-order valence-corrected chi connectivity index (χ1v) is 6.11. The van der Waals surface area contributed by atoms with Gasteiger partial charge in [0.15, 0.2) is 5.82 Å². The molecule has 1 aromatic carbocycles. The minimum Gasteiger partial charge on any atom is -0.399 e. The van der Waals surface area contributed by atoms with Gasteiger partial charge in [0.25, 0.3) is 0 Å². The van der Waals surface area contributed by atoms with E-state index < -0.39 is 0 Å². The van der Waals surface area contributed by atoms with E-state index in [4.69, 9.17) is 5.73 Å². The lowest BCUT2D eigenvalue weighted by Gasteiger charge is -2.23. The summed E-state index contributed by atoms with van der Waals surface area (Å²) in [6, 6.07) is 5.86. The summed E-state index contributed by atoms with van der Waals surface area (Å²) in [6.07, 6.45) is 0.957. The third-order valence-electron chi connectivity index (χ3n) is 3.44. The van der Waals surface area contributed by atoms with E-state index in [0.717, 1.165) is 29.1 Å². The first-order chi connectivity index (χ1) is 8.45. The van der Waals surface area contributed by atoms with E-state index in [-0.39, 0.29) is 5.54 Å². The zero-order chi connectivity index (χ0) is 13.3. The number of aryl methyl sites for hydroxylation is 1. The molecule has 0 saturated heterocycles. The second kappa shape index (κ2) is 4.40. The highest BCUT2D eigenvalue weighted by atomic mass is 15.6. The molecule has 0 fully saturated rings. The quantitative estimate of drug-likeness (QED) is 0.843. The second-order valence-corrected chi connectivity index (χ2v) is 5.15. The lowest BCUT2D eigenvalue weighted by Crippen LogP contribution is -2.27. The first-order valence-electron chi connectivity index (χ1n) is 6.11. The maximum absolute atomic E-state index is 5.83. The number of hydrogen-bond acceptors (Lipinski definition) is 4. The molecule has 1 aromatic heterocycles. The number of hydrogen-bond donors (Lipinski definition) is 1. The van der Waals surface area contributed by atoms with Crippen molar-refractivity contribution in [3.05, 3.63) is 23.8 Å². The highest BCUT2D eigenvalue weighted by Crippen LogP contribution is 2.26. The minimum absolute atomic E-state index is 0.103. The second-order valence-electron chi connectivity index (χ2n) is 5.15. The predicted octanol–water partition coefficient (Wildman–Crippen LogP) is 2.38. The Labute approximate surface area is 107 Å². The topological polar surface area (TPSA) is 69.6 Å². The Balaban J connectivity index is 2.52. The number of tetrazole rings is 1. The first kappa shape index (κ1) is 12.5. The molecule has 0 bridgehead atoms. The third kappa shape index (κ3) is 2.08. The Kier molecular flexibility index (Phi) is 3.07. The summed E-state index contributed by atoms with van der Waals surface area (Å²) in [5.74, 6) is 0.782. The van der Waals surface area contributed by atoms with Crippen molar-refractivity contribution in [2.45, 2.75) is 39.7 Å². The van der Waals surface area contributed by atoms with E-state index in [1.807, 2.05) is 29.8 Å². The Morgan fingerprint density at radius 3 is 2.67 bits per heavy atom. The van der Waals surface area contributed by atoms with E-state index in [2.05, 4.69) is 36.3 Å². The average Bonchev–Trinajstić information content (AvgIpc) is 2.82. The number of nitrogens with two attached hydrogens (primary N) is 1. The molecule has 0 aliphatic heterocycles. The molecule has 0 aliphatic carbocycles. The molecule has 1 heterocycles. The third-order valence-corrected chi connectivity index (χ3v) is 3.44. The van der Waals surface area contributed by atoms with Crippen LogP contribution in [-0.4, -0.2) is 20.2 Å². The number of aromatic nitrogens is 4. The van der Waals surface area contributed by atoms with Gasteiger partial charge in [0.1, 0.15) is 0 Å². The van der Waals surface area contributed by atoms with E-state index in [9.17, 15) is 0 Å². The Hall–Kier alpha value is -1.91. The van der Waals surface area contributed by atoms with E-state index in [1.165, 1.54) is 0 Å². The molecule has 0 aliphatic rings. The number of nitrogens with zero attached hydrogens (tertiary/aromatic N) is 4. The molecule has 0 saturated carbocycles. The molecule has 0 spiro atoms. The van der Waals surface area contributed by atoms with Crippen LogP contribution < -0.4 is 5.73 Å². The van der Waals surface area contributed by atoms with Crippen LogP contribution in [0.4, 0.5) is 5.69 Å². The van der Waals surface area contributed by atoms with Crippen molar-refractivity contribution < 1.29 is 0 Å². The van der Waals surface area contributed by atoms with Crippen molar-refractivity contribution in [3.63, 3.8) is 0 Å². The predicted molar refractivity (Wildman–Crippen MR) is 72.0 cm³/mol. The van der Waals surface area contributed by atoms with Crippen LogP contribution in [0.2, 0.25) is 0 Å². The van der Waals surface area contributed by atoms with Crippen molar-refractivity contribution in [1.82, 2.24) is 20.2 Å². The van der Waals surface area contributed by atoms with E-state index in [1.54, 1.807) is 0 Å². The summed E-state index contributed by atoms with van der Waals surface area (Å²) in [7, 11) is 0. The van der Waals surface area contributed by atoms with Crippen molar-refractivity contribution in [1.29, 1.82) is 0 Å². The van der Waals surface area contributed by atoms with Gasteiger partial charge in [-0.3, -0.25) is 0 Å². The average molecular weight is 245 g/mol. The van der Waals surface area contributed by atoms with Crippen molar-refractivity contribution >= 4 is 5.69 Å². The van der Waals surface area contributed by atoms with Gasteiger partial charge in [-0.2, -0.15) is 0 Å². The molecule has 5 heteroatoms. The molecule has 5 nitrogen and oxygen atoms in total. The van der Waals surface area contributed by atoms with Crippen LogP contribution in [0.15, 0.2) is 18.2 Å². The van der Waals surface area contributed by atoms with Crippen molar-refractivity contribution in [3.8, 4) is 11.4 Å². The summed E-state index contributed by atoms with van der Waals surface area (Å²) in [6.45, 7) is 8.35. The fraction of sp³-hybridized carbons (Fsp3) is 0.462. The SMILES string of the molecule is CCC(C)(C)n1nnnc1-c1ccc(N)c(C)c1. The van der Waals surface area contributed by atoms with Crippen LogP contribution in [0.25, 0.3) is 11.4 Å². The van der Waals surface area contributed by atoms with Gasteiger partial charge in [-0.25, -0.2) is 4.68 Å². The summed E-state index contributed by atoms with van der Waals surface area (Å²) in [5, 5.41) is 12.0. The van der Waals surface area contributed by atoms with Crippen LogP contribution in [0.3, 0.4) is 0 Å². The molecule has 0 radical (unpaired) electrons. The van der Waals surface area contributed by atoms with Crippen LogP contribution in [0.1, 0.15) is 32.8 Å². The van der Waals surface area contributed by atoms with Gasteiger partial charge in [0.2, 0.25) is 0 Å².